The molecule has 0 bridgehead atoms. The lowest BCUT2D eigenvalue weighted by Gasteiger charge is -2.15. The quantitative estimate of drug-likeness (QED) is 0.820. The van der Waals surface area contributed by atoms with Gasteiger partial charge in [-0.3, -0.25) is 4.79 Å². The summed E-state index contributed by atoms with van der Waals surface area (Å²) in [5.74, 6) is 1.46. The van der Waals surface area contributed by atoms with E-state index < -0.39 is 0 Å². The Morgan fingerprint density at radius 1 is 1.33 bits per heavy atom. The van der Waals surface area contributed by atoms with Crippen LogP contribution >= 0.6 is 0 Å². The van der Waals surface area contributed by atoms with Crippen LogP contribution in [0.5, 0.6) is 5.75 Å². The fourth-order valence-electron chi connectivity index (χ4n) is 2.52. The first-order valence-corrected chi connectivity index (χ1v) is 7.85. The summed E-state index contributed by atoms with van der Waals surface area (Å²) >= 11 is 0. The van der Waals surface area contributed by atoms with Crippen LogP contribution in [-0.2, 0) is 11.2 Å². The number of anilines is 1. The predicted molar refractivity (Wildman–Crippen MR) is 85.3 cm³/mol. The Hall–Kier alpha value is -1.71. The summed E-state index contributed by atoms with van der Waals surface area (Å²) in [5, 5.41) is 0. The first-order chi connectivity index (χ1) is 10.1. The third kappa shape index (κ3) is 4.66. The van der Waals surface area contributed by atoms with Crippen molar-refractivity contribution in [1.82, 2.24) is 4.90 Å². The van der Waals surface area contributed by atoms with E-state index in [1.807, 2.05) is 23.1 Å². The molecule has 1 aliphatic heterocycles. The Bertz CT molecular complexity index is 480. The van der Waals surface area contributed by atoms with Crippen molar-refractivity contribution < 1.29 is 9.53 Å². The third-order valence-corrected chi connectivity index (χ3v) is 3.73. The zero-order valence-electron chi connectivity index (χ0n) is 13.1. The zero-order chi connectivity index (χ0) is 15.2. The van der Waals surface area contributed by atoms with Crippen molar-refractivity contribution in [3.63, 3.8) is 0 Å². The molecule has 21 heavy (non-hydrogen) atoms. The number of benzene rings is 1. The molecule has 2 N–H and O–H groups in total. The first-order valence-electron chi connectivity index (χ1n) is 7.85. The van der Waals surface area contributed by atoms with Gasteiger partial charge in [0.15, 0.2) is 0 Å². The third-order valence-electron chi connectivity index (χ3n) is 3.73. The second kappa shape index (κ2) is 7.34. The lowest BCUT2D eigenvalue weighted by Crippen LogP contribution is -2.27. The summed E-state index contributed by atoms with van der Waals surface area (Å²) in [5.41, 5.74) is 7.76. The number of carbonyl (C=O) groups excluding carboxylic acids is 1. The number of hydrogen-bond donors (Lipinski definition) is 1. The van der Waals surface area contributed by atoms with Crippen LogP contribution in [0.1, 0.15) is 38.7 Å². The molecule has 0 unspecified atom stereocenters. The molecule has 1 saturated heterocycles. The molecule has 1 heterocycles. The van der Waals surface area contributed by atoms with Crippen LogP contribution in [0.15, 0.2) is 18.2 Å². The molecule has 0 atom stereocenters. The van der Waals surface area contributed by atoms with Gasteiger partial charge in [0.1, 0.15) is 5.75 Å². The topological polar surface area (TPSA) is 55.6 Å². The van der Waals surface area contributed by atoms with E-state index in [9.17, 15) is 4.79 Å². The zero-order valence-corrected chi connectivity index (χ0v) is 13.1. The minimum atomic E-state index is 0.256. The number of likely N-dealkylation sites (tertiary alicyclic amines) is 1. The Morgan fingerprint density at radius 2 is 2.05 bits per heavy atom. The van der Waals surface area contributed by atoms with Crippen molar-refractivity contribution in [3.8, 4) is 5.75 Å². The van der Waals surface area contributed by atoms with E-state index in [2.05, 4.69) is 13.8 Å². The van der Waals surface area contributed by atoms with Crippen molar-refractivity contribution in [1.29, 1.82) is 0 Å². The summed E-state index contributed by atoms with van der Waals surface area (Å²) in [6.07, 6.45) is 3.58. The second-order valence-electron chi connectivity index (χ2n) is 6.16. The van der Waals surface area contributed by atoms with E-state index in [1.54, 1.807) is 0 Å². The number of rotatable bonds is 6. The van der Waals surface area contributed by atoms with Crippen LogP contribution in [0, 0.1) is 5.92 Å². The number of nitrogen functional groups attached to an aromatic ring is 1. The second-order valence-corrected chi connectivity index (χ2v) is 6.16. The molecular weight excluding hydrogens is 264 g/mol. The van der Waals surface area contributed by atoms with Crippen molar-refractivity contribution in [3.05, 3.63) is 23.8 Å². The maximum Gasteiger partial charge on any atom is 0.222 e. The number of nitrogens with zero attached hydrogens (tertiary/aromatic N) is 1. The maximum atomic E-state index is 12.0. The van der Waals surface area contributed by atoms with Crippen LogP contribution in [0.3, 0.4) is 0 Å². The van der Waals surface area contributed by atoms with Crippen LogP contribution < -0.4 is 10.5 Å². The standard InChI is InChI=1S/C17H26N2O2/c1-13(2)12-21-16-7-5-14(11-15(16)18)6-8-17(20)19-9-3-4-10-19/h5,7,11,13H,3-4,6,8-10,12,18H2,1-2H3. The van der Waals surface area contributed by atoms with Gasteiger partial charge in [0, 0.05) is 19.5 Å². The van der Waals surface area contributed by atoms with Crippen molar-refractivity contribution in [2.45, 2.75) is 39.5 Å². The molecule has 1 aromatic rings. The average molecular weight is 290 g/mol. The molecule has 1 fully saturated rings. The summed E-state index contributed by atoms with van der Waals surface area (Å²) in [4.78, 5) is 14.0. The van der Waals surface area contributed by atoms with Crippen molar-refractivity contribution in [2.75, 3.05) is 25.4 Å². The minimum absolute atomic E-state index is 0.256. The first kappa shape index (κ1) is 15.7. The fourth-order valence-corrected chi connectivity index (χ4v) is 2.52. The molecule has 1 aromatic carbocycles. The summed E-state index contributed by atoms with van der Waals surface area (Å²) in [7, 11) is 0. The Balaban J connectivity index is 1.86. The smallest absolute Gasteiger partial charge is 0.222 e. The Kier molecular flexibility index (Phi) is 5.48. The van der Waals surface area contributed by atoms with Gasteiger partial charge < -0.3 is 15.4 Å². The number of hydrogen-bond acceptors (Lipinski definition) is 3. The van der Waals surface area contributed by atoms with Gasteiger partial charge in [-0.1, -0.05) is 19.9 Å². The van der Waals surface area contributed by atoms with Crippen molar-refractivity contribution in [2.24, 2.45) is 5.92 Å². The van der Waals surface area contributed by atoms with Gasteiger partial charge in [-0.25, -0.2) is 0 Å². The van der Waals surface area contributed by atoms with Crippen molar-refractivity contribution >= 4 is 11.6 Å². The summed E-state index contributed by atoms with van der Waals surface area (Å²) in [6, 6.07) is 5.84. The molecule has 4 heteroatoms. The molecule has 0 spiro atoms. The lowest BCUT2D eigenvalue weighted by atomic mass is 10.1. The highest BCUT2D eigenvalue weighted by molar-refractivity contribution is 5.76. The molecule has 0 aliphatic carbocycles. The van der Waals surface area contributed by atoms with Gasteiger partial charge in [-0.05, 0) is 42.9 Å². The largest absolute Gasteiger partial charge is 0.491 e. The summed E-state index contributed by atoms with van der Waals surface area (Å²) in [6.45, 7) is 6.71. The highest BCUT2D eigenvalue weighted by Crippen LogP contribution is 2.24. The van der Waals surface area contributed by atoms with Gasteiger partial charge in [-0.2, -0.15) is 0 Å². The van der Waals surface area contributed by atoms with E-state index in [-0.39, 0.29) is 5.91 Å². The highest BCUT2D eigenvalue weighted by atomic mass is 16.5. The highest BCUT2D eigenvalue weighted by Gasteiger charge is 2.17. The number of aryl methyl sites for hydroxylation is 1. The number of ether oxygens (including phenoxy) is 1. The number of nitrogens with two attached hydrogens (primary N) is 1. The molecule has 0 aromatic heterocycles. The van der Waals surface area contributed by atoms with Crippen LogP contribution in [-0.4, -0.2) is 30.5 Å². The monoisotopic (exact) mass is 290 g/mol. The molecule has 116 valence electrons. The minimum Gasteiger partial charge on any atom is -0.491 e. The average Bonchev–Trinajstić information content (AvgIpc) is 2.97. The van der Waals surface area contributed by atoms with Crippen LogP contribution in [0.4, 0.5) is 5.69 Å². The fraction of sp³-hybridized carbons (Fsp3) is 0.588. The Labute approximate surface area is 127 Å². The predicted octanol–water partition coefficient (Wildman–Crippen LogP) is 2.86. The molecule has 1 amide bonds. The normalized spacial score (nSPS) is 14.7. The maximum absolute atomic E-state index is 12.0. The van der Waals surface area contributed by atoms with E-state index in [1.165, 1.54) is 0 Å². The molecule has 2 rings (SSSR count). The lowest BCUT2D eigenvalue weighted by molar-refractivity contribution is -0.130. The van der Waals surface area contributed by atoms with E-state index in [4.69, 9.17) is 10.5 Å². The molecule has 0 radical (unpaired) electrons. The number of carbonyl (C=O) groups is 1. The Morgan fingerprint density at radius 3 is 2.67 bits per heavy atom. The van der Waals surface area contributed by atoms with Gasteiger partial charge in [0.2, 0.25) is 5.91 Å². The van der Waals surface area contributed by atoms with E-state index in [0.29, 0.717) is 24.6 Å². The molecule has 0 saturated carbocycles. The van der Waals surface area contributed by atoms with Gasteiger partial charge >= 0.3 is 0 Å². The molecular formula is C17H26N2O2. The van der Waals surface area contributed by atoms with E-state index in [0.717, 1.165) is 43.7 Å². The van der Waals surface area contributed by atoms with Gasteiger partial charge in [-0.15, -0.1) is 0 Å². The van der Waals surface area contributed by atoms with Gasteiger partial charge in [0.05, 0.1) is 12.3 Å². The van der Waals surface area contributed by atoms with Crippen LogP contribution in [0.25, 0.3) is 0 Å². The number of amides is 1. The van der Waals surface area contributed by atoms with Gasteiger partial charge in [0.25, 0.3) is 0 Å². The van der Waals surface area contributed by atoms with E-state index >= 15 is 0 Å². The molecule has 4 nitrogen and oxygen atoms in total. The van der Waals surface area contributed by atoms with Crippen LogP contribution in [0.2, 0.25) is 0 Å². The SMILES string of the molecule is CC(C)COc1ccc(CCC(=O)N2CCCC2)cc1N. The summed E-state index contributed by atoms with van der Waals surface area (Å²) < 4.78 is 5.66. The molecule has 1 aliphatic rings.